The zero-order valence-corrected chi connectivity index (χ0v) is 19.1. The van der Waals surface area contributed by atoms with Crippen LogP contribution in [-0.2, 0) is 0 Å². The van der Waals surface area contributed by atoms with E-state index in [1.807, 2.05) is 0 Å². The van der Waals surface area contributed by atoms with Crippen LogP contribution in [-0.4, -0.2) is 11.2 Å². The summed E-state index contributed by atoms with van der Waals surface area (Å²) in [5, 5.41) is 10.2. The largest absolute Gasteiger partial charge is 0.393 e. The van der Waals surface area contributed by atoms with Crippen molar-refractivity contribution in [3.8, 4) is 0 Å². The quantitative estimate of drug-likeness (QED) is 0.527. The van der Waals surface area contributed by atoms with Gasteiger partial charge >= 0.3 is 0 Å². The first-order valence-electron chi connectivity index (χ1n) is 12.3. The normalized spacial score (nSPS) is 43.7. The maximum Gasteiger partial charge on any atom is 0.0578 e. The van der Waals surface area contributed by atoms with Gasteiger partial charge in [0.05, 0.1) is 6.10 Å². The molecule has 0 radical (unpaired) electrons. The summed E-state index contributed by atoms with van der Waals surface area (Å²) < 4.78 is 0. The second-order valence-corrected chi connectivity index (χ2v) is 11.8. The lowest BCUT2D eigenvalue weighted by atomic mass is 9.50. The Morgan fingerprint density at radius 2 is 1.75 bits per heavy atom. The molecule has 0 spiro atoms. The van der Waals surface area contributed by atoms with Gasteiger partial charge in [0.25, 0.3) is 0 Å². The van der Waals surface area contributed by atoms with Gasteiger partial charge in [0.2, 0.25) is 0 Å². The third-order valence-corrected chi connectivity index (χ3v) is 9.75. The summed E-state index contributed by atoms with van der Waals surface area (Å²) in [5.41, 5.74) is 4.19. The lowest BCUT2D eigenvalue weighted by molar-refractivity contribution is 0.0323. The van der Waals surface area contributed by atoms with Crippen LogP contribution in [0.2, 0.25) is 0 Å². The molecule has 4 unspecified atom stereocenters. The van der Waals surface area contributed by atoms with Crippen molar-refractivity contribution in [2.24, 2.45) is 40.4 Å². The first kappa shape index (κ1) is 20.7. The molecule has 1 nitrogen and oxygen atoms in total. The van der Waals surface area contributed by atoms with E-state index in [-0.39, 0.29) is 6.10 Å². The molecule has 0 aromatic rings. The average Bonchev–Trinajstić information content (AvgIpc) is 2.99. The van der Waals surface area contributed by atoms with Gasteiger partial charge in [-0.1, -0.05) is 77.2 Å². The molecule has 4 aliphatic rings. The van der Waals surface area contributed by atoms with Crippen molar-refractivity contribution in [1.82, 2.24) is 0 Å². The Hall–Kier alpha value is -0.560. The van der Waals surface area contributed by atoms with Crippen molar-refractivity contribution in [1.29, 1.82) is 0 Å². The van der Waals surface area contributed by atoms with Gasteiger partial charge in [-0.25, -0.2) is 0 Å². The monoisotopic (exact) mass is 384 g/mol. The summed E-state index contributed by atoms with van der Waals surface area (Å²) in [7, 11) is 0. The standard InChI is InChI=1S/C27H44O/c1-18(2)7-6-8-19(3)23-11-12-24-22-10-9-20-17-21(28)13-15-26(20,4)25(22)14-16-27(23,24)5/h9-10,18-19,21,23-25,28H,6-8,11-17H2,1-5H3/t19?,21-,23?,24?,25?,26-,27+/m0/s1. The van der Waals surface area contributed by atoms with Gasteiger partial charge in [-0.2, -0.15) is 0 Å². The van der Waals surface area contributed by atoms with E-state index in [4.69, 9.17) is 0 Å². The number of fused-ring (bicyclic) bond motifs is 5. The smallest absolute Gasteiger partial charge is 0.0578 e. The minimum absolute atomic E-state index is 0.106. The van der Waals surface area contributed by atoms with Crippen LogP contribution in [0.3, 0.4) is 0 Å². The number of rotatable bonds is 5. The predicted octanol–water partition coefficient (Wildman–Crippen LogP) is 7.31. The van der Waals surface area contributed by atoms with Gasteiger partial charge in [-0.05, 0) is 85.4 Å². The molecule has 3 saturated carbocycles. The van der Waals surface area contributed by atoms with Gasteiger partial charge < -0.3 is 5.11 Å². The summed E-state index contributed by atoms with van der Waals surface area (Å²) >= 11 is 0. The lowest BCUT2D eigenvalue weighted by Gasteiger charge is -2.55. The fraction of sp³-hybridized carbons (Fsp3) is 0.852. The van der Waals surface area contributed by atoms with Gasteiger partial charge in [-0.15, -0.1) is 0 Å². The van der Waals surface area contributed by atoms with E-state index in [2.05, 4.69) is 46.8 Å². The molecule has 4 aliphatic carbocycles. The first-order valence-corrected chi connectivity index (χ1v) is 12.3. The molecular weight excluding hydrogens is 340 g/mol. The Labute approximate surface area is 174 Å². The highest BCUT2D eigenvalue weighted by molar-refractivity contribution is 5.38. The molecule has 0 heterocycles. The molecule has 158 valence electrons. The van der Waals surface area contributed by atoms with Crippen LogP contribution in [0.4, 0.5) is 0 Å². The van der Waals surface area contributed by atoms with Crippen LogP contribution < -0.4 is 0 Å². The highest BCUT2D eigenvalue weighted by Crippen LogP contribution is 2.66. The molecule has 28 heavy (non-hydrogen) atoms. The average molecular weight is 385 g/mol. The molecule has 4 rings (SSSR count). The van der Waals surface area contributed by atoms with E-state index in [0.717, 1.165) is 42.4 Å². The van der Waals surface area contributed by atoms with Gasteiger partial charge in [0.1, 0.15) is 0 Å². The number of aliphatic hydroxyl groups excluding tert-OH is 1. The third-order valence-electron chi connectivity index (χ3n) is 9.75. The van der Waals surface area contributed by atoms with Crippen LogP contribution in [0, 0.1) is 40.4 Å². The molecule has 0 amide bonds. The molecule has 7 atom stereocenters. The predicted molar refractivity (Wildman–Crippen MR) is 119 cm³/mol. The third kappa shape index (κ3) is 3.34. The molecule has 3 fully saturated rings. The summed E-state index contributed by atoms with van der Waals surface area (Å²) in [6.45, 7) is 12.5. The van der Waals surface area contributed by atoms with E-state index in [1.165, 1.54) is 51.4 Å². The second kappa shape index (κ2) is 7.60. The second-order valence-electron chi connectivity index (χ2n) is 11.8. The van der Waals surface area contributed by atoms with Crippen molar-refractivity contribution >= 4 is 0 Å². The Balaban J connectivity index is 1.53. The Morgan fingerprint density at radius 1 is 0.964 bits per heavy atom. The molecule has 0 saturated heterocycles. The van der Waals surface area contributed by atoms with Crippen LogP contribution >= 0.6 is 0 Å². The van der Waals surface area contributed by atoms with Crippen molar-refractivity contribution in [2.75, 3.05) is 0 Å². The van der Waals surface area contributed by atoms with Crippen LogP contribution in [0.1, 0.15) is 98.8 Å². The van der Waals surface area contributed by atoms with E-state index < -0.39 is 0 Å². The topological polar surface area (TPSA) is 20.2 Å². The highest BCUT2D eigenvalue weighted by atomic mass is 16.3. The highest BCUT2D eigenvalue weighted by Gasteiger charge is 2.56. The van der Waals surface area contributed by atoms with Crippen molar-refractivity contribution in [3.05, 3.63) is 23.3 Å². The SMILES string of the molecule is CC(C)CCCC(C)C1CCC2C3=CC=C4C[C@@H](O)CC[C@]4(C)C3CC[C@@]21C. The minimum Gasteiger partial charge on any atom is -0.393 e. The van der Waals surface area contributed by atoms with E-state index in [0.29, 0.717) is 10.8 Å². The first-order chi connectivity index (χ1) is 13.3. The number of aliphatic hydroxyl groups is 1. The number of hydrogen-bond acceptors (Lipinski definition) is 1. The van der Waals surface area contributed by atoms with Crippen LogP contribution in [0.25, 0.3) is 0 Å². The van der Waals surface area contributed by atoms with E-state index >= 15 is 0 Å². The number of allylic oxidation sites excluding steroid dienone is 3. The molecule has 0 aromatic carbocycles. The maximum atomic E-state index is 10.2. The summed E-state index contributed by atoms with van der Waals surface area (Å²) in [4.78, 5) is 0. The van der Waals surface area contributed by atoms with Gasteiger partial charge in [-0.3, -0.25) is 0 Å². The fourth-order valence-electron chi connectivity index (χ4n) is 8.01. The van der Waals surface area contributed by atoms with Crippen molar-refractivity contribution in [2.45, 2.75) is 105 Å². The zero-order valence-electron chi connectivity index (χ0n) is 19.1. The molecule has 0 aliphatic heterocycles. The van der Waals surface area contributed by atoms with E-state index in [9.17, 15) is 5.11 Å². The Morgan fingerprint density at radius 3 is 2.50 bits per heavy atom. The van der Waals surface area contributed by atoms with Crippen LogP contribution in [0.15, 0.2) is 23.3 Å². The molecule has 0 aromatic heterocycles. The van der Waals surface area contributed by atoms with E-state index in [1.54, 1.807) is 11.1 Å². The van der Waals surface area contributed by atoms with Crippen LogP contribution in [0.5, 0.6) is 0 Å². The molecule has 0 bridgehead atoms. The fourth-order valence-corrected chi connectivity index (χ4v) is 8.01. The molecule has 1 heteroatoms. The Bertz CT molecular complexity index is 643. The van der Waals surface area contributed by atoms with Gasteiger partial charge in [0, 0.05) is 0 Å². The minimum atomic E-state index is -0.106. The maximum absolute atomic E-state index is 10.2. The zero-order chi connectivity index (χ0) is 20.1. The van der Waals surface area contributed by atoms with Crippen molar-refractivity contribution < 1.29 is 5.11 Å². The summed E-state index contributed by atoms with van der Waals surface area (Å²) in [6, 6.07) is 0. The molecule has 1 N–H and O–H groups in total. The Kier molecular flexibility index (Phi) is 5.62. The summed E-state index contributed by atoms with van der Waals surface area (Å²) in [6.07, 6.45) is 17.8. The molecular formula is C27H44O. The number of hydrogen-bond donors (Lipinski definition) is 1. The van der Waals surface area contributed by atoms with Gasteiger partial charge in [0.15, 0.2) is 0 Å². The summed E-state index contributed by atoms with van der Waals surface area (Å²) in [5.74, 6) is 4.19. The lowest BCUT2D eigenvalue weighted by Crippen LogP contribution is -2.46. The van der Waals surface area contributed by atoms with Crippen molar-refractivity contribution in [3.63, 3.8) is 0 Å².